The highest BCUT2D eigenvalue weighted by Crippen LogP contribution is 2.39. The molecule has 1 heterocycles. The molecule has 2 aromatic carbocycles. The van der Waals surface area contributed by atoms with E-state index in [1.807, 2.05) is 18.3 Å². The maximum atomic E-state index is 13.6. The molecular weight excluding hydrogens is 297 g/mol. The van der Waals surface area contributed by atoms with Crippen molar-refractivity contribution in [2.75, 3.05) is 0 Å². The Bertz CT molecular complexity index is 882. The van der Waals surface area contributed by atoms with Crippen LogP contribution in [-0.4, -0.2) is 5.71 Å². The second-order valence-electron chi connectivity index (χ2n) is 6.79. The predicted molar refractivity (Wildman–Crippen MR) is 97.9 cm³/mol. The molecule has 0 saturated heterocycles. The van der Waals surface area contributed by atoms with Gasteiger partial charge in [-0.05, 0) is 54.7 Å². The highest BCUT2D eigenvalue weighted by Gasteiger charge is 2.26. The molecule has 1 aliphatic carbocycles. The van der Waals surface area contributed by atoms with Gasteiger partial charge < -0.3 is 0 Å². The number of hydrogen-bond donors (Lipinski definition) is 0. The Morgan fingerprint density at radius 3 is 2.62 bits per heavy atom. The number of benzene rings is 2. The van der Waals surface area contributed by atoms with Crippen LogP contribution in [0.2, 0.25) is 0 Å². The number of rotatable bonds is 1. The summed E-state index contributed by atoms with van der Waals surface area (Å²) in [6.07, 6.45) is 7.92. The molecule has 1 atom stereocenters. The fourth-order valence-corrected chi connectivity index (χ4v) is 3.80. The molecule has 0 fully saturated rings. The molecule has 1 unspecified atom stereocenters. The minimum Gasteiger partial charge on any atom is -0.261 e. The minimum absolute atomic E-state index is 0.176. The summed E-state index contributed by atoms with van der Waals surface area (Å²) < 4.78 is 13.6. The number of aryl methyl sites for hydroxylation is 2. The van der Waals surface area contributed by atoms with Crippen molar-refractivity contribution in [2.45, 2.75) is 32.6 Å². The van der Waals surface area contributed by atoms with Crippen LogP contribution in [0.4, 0.5) is 4.39 Å². The number of hydrogen-bond acceptors (Lipinski definition) is 1. The summed E-state index contributed by atoms with van der Waals surface area (Å²) in [4.78, 5) is 4.75. The predicted octanol–water partition coefficient (Wildman–Crippen LogP) is 5.72. The average molecular weight is 317 g/mol. The first-order valence-corrected chi connectivity index (χ1v) is 8.40. The molecule has 0 radical (unpaired) electrons. The van der Waals surface area contributed by atoms with Crippen LogP contribution in [0.25, 0.3) is 6.08 Å². The van der Waals surface area contributed by atoms with Crippen molar-refractivity contribution in [3.05, 3.63) is 87.9 Å². The number of fused-ring (bicyclic) bond motifs is 3. The molecule has 2 aliphatic rings. The molecule has 2 aromatic rings. The van der Waals surface area contributed by atoms with E-state index in [0.29, 0.717) is 0 Å². The smallest absolute Gasteiger partial charge is 0.123 e. The molecule has 0 spiro atoms. The molecule has 0 N–H and O–H groups in total. The van der Waals surface area contributed by atoms with Crippen LogP contribution in [0.15, 0.2) is 59.2 Å². The summed E-state index contributed by atoms with van der Waals surface area (Å²) >= 11 is 0. The molecular formula is C22H20FN. The van der Waals surface area contributed by atoms with Gasteiger partial charge in [0.15, 0.2) is 0 Å². The molecule has 24 heavy (non-hydrogen) atoms. The SMILES string of the molecule is Cc1cc(C)cc(C2=NC=C3CC=Cc4cc(F)ccc4C3C2)c1. The molecule has 0 aromatic heterocycles. The Labute approximate surface area is 142 Å². The molecule has 0 amide bonds. The Balaban J connectivity index is 1.77. The van der Waals surface area contributed by atoms with E-state index in [1.54, 1.807) is 12.1 Å². The van der Waals surface area contributed by atoms with Crippen LogP contribution in [-0.2, 0) is 0 Å². The first-order valence-electron chi connectivity index (χ1n) is 8.40. The maximum Gasteiger partial charge on any atom is 0.123 e. The topological polar surface area (TPSA) is 12.4 Å². The lowest BCUT2D eigenvalue weighted by atomic mass is 9.82. The van der Waals surface area contributed by atoms with E-state index in [-0.39, 0.29) is 11.7 Å². The normalized spacial score (nSPS) is 19.0. The Kier molecular flexibility index (Phi) is 3.68. The third kappa shape index (κ3) is 2.73. The van der Waals surface area contributed by atoms with Gasteiger partial charge in [0.2, 0.25) is 0 Å². The third-order valence-electron chi connectivity index (χ3n) is 4.86. The molecule has 2 heteroatoms. The number of halogens is 1. The number of allylic oxidation sites excluding steroid dienone is 2. The van der Waals surface area contributed by atoms with Crippen LogP contribution in [0, 0.1) is 19.7 Å². The minimum atomic E-state index is -0.176. The van der Waals surface area contributed by atoms with E-state index in [2.05, 4.69) is 38.1 Å². The van der Waals surface area contributed by atoms with E-state index in [1.165, 1.54) is 27.8 Å². The van der Waals surface area contributed by atoms with Crippen LogP contribution < -0.4 is 0 Å². The lowest BCUT2D eigenvalue weighted by Gasteiger charge is -2.25. The zero-order valence-corrected chi connectivity index (χ0v) is 14.0. The fraction of sp³-hybridized carbons (Fsp3) is 0.227. The second-order valence-corrected chi connectivity index (χ2v) is 6.79. The van der Waals surface area contributed by atoms with Gasteiger partial charge in [0.1, 0.15) is 5.82 Å². The van der Waals surface area contributed by atoms with Crippen molar-refractivity contribution < 1.29 is 4.39 Å². The molecule has 0 saturated carbocycles. The van der Waals surface area contributed by atoms with Crippen LogP contribution in [0.3, 0.4) is 0 Å². The van der Waals surface area contributed by atoms with Gasteiger partial charge in [-0.3, -0.25) is 4.99 Å². The zero-order chi connectivity index (χ0) is 16.7. The molecule has 1 aliphatic heterocycles. The van der Waals surface area contributed by atoms with Gasteiger partial charge in [-0.2, -0.15) is 0 Å². The van der Waals surface area contributed by atoms with Crippen molar-refractivity contribution in [3.63, 3.8) is 0 Å². The van der Waals surface area contributed by atoms with Crippen LogP contribution in [0.5, 0.6) is 0 Å². The highest BCUT2D eigenvalue weighted by atomic mass is 19.1. The molecule has 1 nitrogen and oxygen atoms in total. The average Bonchev–Trinajstić information content (AvgIpc) is 2.72. The van der Waals surface area contributed by atoms with Crippen LogP contribution >= 0.6 is 0 Å². The Morgan fingerprint density at radius 2 is 1.83 bits per heavy atom. The van der Waals surface area contributed by atoms with Crippen LogP contribution in [0.1, 0.15) is 46.6 Å². The summed E-state index contributed by atoms with van der Waals surface area (Å²) in [5.74, 6) is 0.105. The van der Waals surface area contributed by atoms with Gasteiger partial charge in [0, 0.05) is 24.3 Å². The summed E-state index contributed by atoms with van der Waals surface area (Å²) in [6.45, 7) is 4.24. The first kappa shape index (κ1) is 15.1. The third-order valence-corrected chi connectivity index (χ3v) is 4.86. The van der Waals surface area contributed by atoms with Crippen molar-refractivity contribution in [3.8, 4) is 0 Å². The lowest BCUT2D eigenvalue weighted by molar-refractivity contribution is 0.625. The Hall–Kier alpha value is -2.48. The second kappa shape index (κ2) is 5.86. The van der Waals surface area contributed by atoms with Gasteiger partial charge in [-0.15, -0.1) is 0 Å². The van der Waals surface area contributed by atoms with Crippen molar-refractivity contribution >= 4 is 11.8 Å². The van der Waals surface area contributed by atoms with Crippen molar-refractivity contribution in [1.29, 1.82) is 0 Å². The maximum absolute atomic E-state index is 13.6. The van der Waals surface area contributed by atoms with Gasteiger partial charge in [0.25, 0.3) is 0 Å². The van der Waals surface area contributed by atoms with Gasteiger partial charge >= 0.3 is 0 Å². The monoisotopic (exact) mass is 317 g/mol. The van der Waals surface area contributed by atoms with Gasteiger partial charge in [-0.25, -0.2) is 4.39 Å². The fourth-order valence-electron chi connectivity index (χ4n) is 3.80. The van der Waals surface area contributed by atoms with E-state index in [9.17, 15) is 4.39 Å². The summed E-state index contributed by atoms with van der Waals surface area (Å²) in [5, 5.41) is 0. The number of nitrogens with zero attached hydrogens (tertiary/aromatic N) is 1. The van der Waals surface area contributed by atoms with E-state index in [0.717, 1.165) is 24.1 Å². The molecule has 120 valence electrons. The van der Waals surface area contributed by atoms with E-state index >= 15 is 0 Å². The summed E-state index contributed by atoms with van der Waals surface area (Å²) in [5.41, 5.74) is 8.33. The Morgan fingerprint density at radius 1 is 1.04 bits per heavy atom. The lowest BCUT2D eigenvalue weighted by Crippen LogP contribution is -2.15. The van der Waals surface area contributed by atoms with Gasteiger partial charge in [-0.1, -0.05) is 47.5 Å². The van der Waals surface area contributed by atoms with Crippen molar-refractivity contribution in [1.82, 2.24) is 0 Å². The summed E-state index contributed by atoms with van der Waals surface area (Å²) in [6, 6.07) is 11.7. The van der Waals surface area contributed by atoms with Gasteiger partial charge in [0.05, 0.1) is 0 Å². The largest absolute Gasteiger partial charge is 0.261 e. The molecule has 4 rings (SSSR count). The van der Waals surface area contributed by atoms with E-state index in [4.69, 9.17) is 4.99 Å². The molecule has 0 bridgehead atoms. The van der Waals surface area contributed by atoms with E-state index < -0.39 is 0 Å². The highest BCUT2D eigenvalue weighted by molar-refractivity contribution is 6.02. The standard InChI is InChI=1S/C22H20FN/c1-14-8-15(2)10-18(9-14)22-12-21-17(13-24-22)5-3-4-16-11-19(23)6-7-20(16)21/h3-4,6-11,13,21H,5,12H2,1-2H3. The number of aliphatic imine (C=N–C) groups is 1. The first-order chi connectivity index (χ1) is 11.6. The quantitative estimate of drug-likeness (QED) is 0.638. The summed E-state index contributed by atoms with van der Waals surface area (Å²) in [7, 11) is 0. The van der Waals surface area contributed by atoms with Crippen molar-refractivity contribution in [2.24, 2.45) is 4.99 Å². The zero-order valence-electron chi connectivity index (χ0n) is 14.0.